The predicted octanol–water partition coefficient (Wildman–Crippen LogP) is 1.92. The van der Waals surface area contributed by atoms with Gasteiger partial charge in [0.05, 0.1) is 32.6 Å². The van der Waals surface area contributed by atoms with Crippen LogP contribution in [-0.4, -0.2) is 93.0 Å². The number of hydrazone groups is 1. The van der Waals surface area contributed by atoms with Gasteiger partial charge >= 0.3 is 12.1 Å². The van der Waals surface area contributed by atoms with E-state index in [9.17, 15) is 4.79 Å². The van der Waals surface area contributed by atoms with Crippen molar-refractivity contribution in [3.63, 3.8) is 0 Å². The molecule has 0 spiro atoms. The highest BCUT2D eigenvalue weighted by atomic mass is 16.6. The average Bonchev–Trinajstić information content (AvgIpc) is 2.87. The van der Waals surface area contributed by atoms with Crippen LogP contribution in [0.3, 0.4) is 0 Å². The summed E-state index contributed by atoms with van der Waals surface area (Å²) in [4.78, 5) is 24.7. The summed E-state index contributed by atoms with van der Waals surface area (Å²) in [5.41, 5.74) is 5.10. The topological polar surface area (TPSA) is 111 Å². The molecule has 11 heteroatoms. The van der Waals surface area contributed by atoms with Gasteiger partial charge in [0.1, 0.15) is 19.0 Å². The van der Waals surface area contributed by atoms with E-state index in [1.807, 2.05) is 37.3 Å². The van der Waals surface area contributed by atoms with E-state index in [0.717, 1.165) is 24.2 Å². The molecule has 2 saturated heterocycles. The Kier molecular flexibility index (Phi) is 8.47. The van der Waals surface area contributed by atoms with Crippen molar-refractivity contribution in [2.45, 2.75) is 6.92 Å². The fraction of sp³-hybridized carbons (Fsp3) is 0.478. The van der Waals surface area contributed by atoms with Crippen molar-refractivity contribution in [2.24, 2.45) is 5.10 Å². The van der Waals surface area contributed by atoms with Crippen molar-refractivity contribution in [1.82, 2.24) is 14.9 Å². The second-order valence-electron chi connectivity index (χ2n) is 7.84. The first-order chi connectivity index (χ1) is 16.7. The molecule has 3 heterocycles. The van der Waals surface area contributed by atoms with Crippen LogP contribution in [0.1, 0.15) is 11.1 Å². The molecule has 0 atom stereocenters. The normalized spacial score (nSPS) is 16.5. The van der Waals surface area contributed by atoms with E-state index in [4.69, 9.17) is 18.9 Å². The largest absolute Gasteiger partial charge is 0.460 e. The van der Waals surface area contributed by atoms with Gasteiger partial charge in [0.25, 0.3) is 0 Å². The third kappa shape index (κ3) is 7.03. The van der Waals surface area contributed by atoms with Gasteiger partial charge in [0.2, 0.25) is 0 Å². The summed E-state index contributed by atoms with van der Waals surface area (Å²) in [5.74, 6) is 1.22. The molecule has 0 unspecified atom stereocenters. The molecule has 1 aromatic heterocycles. The summed E-state index contributed by atoms with van der Waals surface area (Å²) in [6, 6.07) is 10.0. The molecule has 0 bridgehead atoms. The number of carbonyl (C=O) groups excluding carboxylic acids is 1. The quantitative estimate of drug-likeness (QED) is 0.351. The molecule has 4 rings (SSSR count). The number of amides is 1. The molecule has 1 N–H and O–H groups in total. The number of ether oxygens (including phenoxy) is 4. The smallest absolute Gasteiger partial charge is 0.410 e. The highest BCUT2D eigenvalue weighted by Crippen LogP contribution is 2.20. The van der Waals surface area contributed by atoms with Gasteiger partial charge in [-0.2, -0.15) is 15.1 Å². The lowest BCUT2D eigenvalue weighted by Gasteiger charge is -2.28. The number of hydrogen-bond donors (Lipinski definition) is 1. The zero-order valence-electron chi connectivity index (χ0n) is 19.3. The fourth-order valence-corrected chi connectivity index (χ4v) is 3.51. The van der Waals surface area contributed by atoms with Crippen LogP contribution in [0.5, 0.6) is 6.01 Å². The standard InChI is InChI=1S/C23H30N6O5/c1-18-3-2-4-19(15-18)17-24-27-20-16-21(28-5-9-31-10-6-28)26-22(25-20)33-13-14-34-23(30)29-7-11-32-12-8-29/h2-4,15-17H,5-14H2,1H3,(H,25,26,27)/b24-17+. The molecule has 11 nitrogen and oxygen atoms in total. The van der Waals surface area contributed by atoms with Crippen LogP contribution in [-0.2, 0) is 14.2 Å². The summed E-state index contributed by atoms with van der Waals surface area (Å²) >= 11 is 0. The SMILES string of the molecule is Cc1cccc(/C=N/Nc2cc(N3CCOCC3)nc(OCCOC(=O)N3CCOCC3)n2)c1. The van der Waals surface area contributed by atoms with Gasteiger partial charge in [-0.3, -0.25) is 5.43 Å². The zero-order chi connectivity index (χ0) is 23.6. The lowest BCUT2D eigenvalue weighted by Crippen LogP contribution is -2.41. The molecule has 2 aliphatic rings. The monoisotopic (exact) mass is 470 g/mol. The zero-order valence-corrected chi connectivity index (χ0v) is 19.3. The molecule has 0 radical (unpaired) electrons. The molecule has 1 aromatic carbocycles. The summed E-state index contributed by atoms with van der Waals surface area (Å²) in [6.45, 7) is 7.07. The van der Waals surface area contributed by atoms with E-state index in [1.54, 1.807) is 11.1 Å². The molecule has 2 fully saturated rings. The minimum Gasteiger partial charge on any atom is -0.460 e. The number of benzene rings is 1. The van der Waals surface area contributed by atoms with E-state index < -0.39 is 0 Å². The van der Waals surface area contributed by atoms with Crippen LogP contribution < -0.4 is 15.1 Å². The Morgan fingerprint density at radius 2 is 1.85 bits per heavy atom. The summed E-state index contributed by atoms with van der Waals surface area (Å²) in [5, 5.41) is 4.30. The maximum Gasteiger partial charge on any atom is 0.410 e. The van der Waals surface area contributed by atoms with Crippen LogP contribution in [0.15, 0.2) is 35.4 Å². The minimum absolute atomic E-state index is 0.0929. The van der Waals surface area contributed by atoms with Gasteiger partial charge in [-0.15, -0.1) is 0 Å². The van der Waals surface area contributed by atoms with Gasteiger partial charge in [-0.1, -0.05) is 29.8 Å². The lowest BCUT2D eigenvalue weighted by atomic mass is 10.2. The fourth-order valence-electron chi connectivity index (χ4n) is 3.51. The van der Waals surface area contributed by atoms with Crippen molar-refractivity contribution < 1.29 is 23.7 Å². The van der Waals surface area contributed by atoms with Gasteiger partial charge in [-0.05, 0) is 12.5 Å². The van der Waals surface area contributed by atoms with Gasteiger partial charge < -0.3 is 28.7 Å². The molecular formula is C23H30N6O5. The van der Waals surface area contributed by atoms with E-state index in [-0.39, 0.29) is 25.3 Å². The van der Waals surface area contributed by atoms with Gasteiger partial charge in [0, 0.05) is 32.2 Å². The molecule has 0 saturated carbocycles. The van der Waals surface area contributed by atoms with Crippen LogP contribution >= 0.6 is 0 Å². The van der Waals surface area contributed by atoms with Crippen molar-refractivity contribution >= 4 is 23.9 Å². The Hall–Kier alpha value is -3.44. The first-order valence-electron chi connectivity index (χ1n) is 11.4. The van der Waals surface area contributed by atoms with Crippen LogP contribution in [0.2, 0.25) is 0 Å². The van der Waals surface area contributed by atoms with Gasteiger partial charge in [-0.25, -0.2) is 4.79 Å². The summed E-state index contributed by atoms with van der Waals surface area (Å²) in [7, 11) is 0. The first kappa shape index (κ1) is 23.7. The third-order valence-electron chi connectivity index (χ3n) is 5.27. The van der Waals surface area contributed by atoms with Crippen molar-refractivity contribution in [3.05, 3.63) is 41.5 Å². The summed E-state index contributed by atoms with van der Waals surface area (Å²) < 4.78 is 21.7. The molecular weight excluding hydrogens is 440 g/mol. The van der Waals surface area contributed by atoms with Crippen molar-refractivity contribution in [1.29, 1.82) is 0 Å². The van der Waals surface area contributed by atoms with E-state index in [1.165, 1.54) is 0 Å². The molecule has 2 aliphatic heterocycles. The first-order valence-corrected chi connectivity index (χ1v) is 11.4. The van der Waals surface area contributed by atoms with Crippen LogP contribution in [0.4, 0.5) is 16.4 Å². The highest BCUT2D eigenvalue weighted by Gasteiger charge is 2.18. The number of morpholine rings is 2. The molecule has 1 amide bonds. The Balaban J connectivity index is 1.37. The van der Waals surface area contributed by atoms with Crippen LogP contribution in [0, 0.1) is 6.92 Å². The Bertz CT molecular complexity index is 976. The molecule has 182 valence electrons. The lowest BCUT2D eigenvalue weighted by molar-refractivity contribution is 0.0236. The number of hydrogen-bond acceptors (Lipinski definition) is 10. The number of nitrogens with one attached hydrogen (secondary N) is 1. The highest BCUT2D eigenvalue weighted by molar-refractivity contribution is 5.80. The van der Waals surface area contributed by atoms with E-state index >= 15 is 0 Å². The number of nitrogens with zero attached hydrogens (tertiary/aromatic N) is 5. The number of aromatic nitrogens is 2. The Morgan fingerprint density at radius 3 is 2.62 bits per heavy atom. The molecule has 34 heavy (non-hydrogen) atoms. The number of aryl methyl sites for hydroxylation is 1. The second kappa shape index (κ2) is 12.1. The number of carbonyl (C=O) groups is 1. The molecule has 0 aliphatic carbocycles. The molecule has 2 aromatic rings. The Morgan fingerprint density at radius 1 is 1.09 bits per heavy atom. The van der Waals surface area contributed by atoms with E-state index in [2.05, 4.69) is 25.4 Å². The average molecular weight is 471 g/mol. The number of anilines is 2. The van der Waals surface area contributed by atoms with Crippen LogP contribution in [0.25, 0.3) is 0 Å². The minimum atomic E-state index is -0.372. The van der Waals surface area contributed by atoms with Crippen molar-refractivity contribution in [2.75, 3.05) is 76.1 Å². The maximum absolute atomic E-state index is 12.1. The van der Waals surface area contributed by atoms with Gasteiger partial charge in [0.15, 0.2) is 5.82 Å². The van der Waals surface area contributed by atoms with Crippen molar-refractivity contribution in [3.8, 4) is 6.01 Å². The Labute approximate surface area is 198 Å². The van der Waals surface area contributed by atoms with E-state index in [0.29, 0.717) is 51.2 Å². The third-order valence-corrected chi connectivity index (χ3v) is 5.27. The number of rotatable bonds is 8. The summed E-state index contributed by atoms with van der Waals surface area (Å²) in [6.07, 6.45) is 1.36. The maximum atomic E-state index is 12.1. The second-order valence-corrected chi connectivity index (χ2v) is 7.84. The predicted molar refractivity (Wildman–Crippen MR) is 127 cm³/mol.